The molecule has 2 aromatic carbocycles. The number of fused-ring (bicyclic) bond motifs is 5. The maximum atomic E-state index is 14.9. The molecule has 2 aromatic heterocycles. The number of aromatic hydroxyl groups is 1. The molecule has 1 saturated carbocycles. The number of methoxy groups -OCH3 is 1. The number of thiophene rings is 1. The number of aryl methyl sites for hydroxylation is 2. The van der Waals surface area contributed by atoms with E-state index in [1.165, 1.54) is 34.1 Å². The Kier molecular flexibility index (Phi) is 7.08. The summed E-state index contributed by atoms with van der Waals surface area (Å²) in [5.74, 6) is -5.89. The Bertz CT molecular complexity index is 2260. The molecule has 4 aromatic rings. The van der Waals surface area contributed by atoms with Crippen LogP contribution in [-0.4, -0.2) is 56.6 Å². The summed E-state index contributed by atoms with van der Waals surface area (Å²) in [6, 6.07) is 11.0. The Morgan fingerprint density at radius 2 is 1.84 bits per heavy atom. The highest BCUT2D eigenvalue weighted by atomic mass is 35.5. The van der Waals surface area contributed by atoms with Gasteiger partial charge in [0.15, 0.2) is 11.5 Å². The van der Waals surface area contributed by atoms with Gasteiger partial charge in [-0.2, -0.15) is 10.00 Å². The number of likely N-dealkylation sites (tertiary alicyclic amines) is 1. The number of phenolic OH excluding ortho intramolecular Hbond substituents is 1. The predicted molar refractivity (Wildman–Crippen MR) is 184 cm³/mol. The number of anilines is 1. The van der Waals surface area contributed by atoms with E-state index in [4.69, 9.17) is 27.2 Å². The topological polar surface area (TPSA) is 165 Å². The van der Waals surface area contributed by atoms with Crippen LogP contribution in [0, 0.1) is 36.0 Å². The minimum absolute atomic E-state index is 0.100. The number of benzene rings is 2. The number of rotatable bonds is 4. The third-order valence-electron chi connectivity index (χ3n) is 11.2. The van der Waals surface area contributed by atoms with Crippen molar-refractivity contribution in [1.82, 2.24) is 14.7 Å². The SMILES string of the molecule is COc1cc([C@H]2C3=CC[C@@H]4C(=O)N(C(N)=O)C(=O)[C@@H]4[C@@H]3C[C@H]3C(=O)N(c4cc(-c5sc6ccc(Cl)cc6c5C)nn4C)C(=O)[C@@]23C)ccc1O. The molecule has 256 valence electrons. The number of primary amides is 1. The number of urea groups is 1. The number of halogens is 1. The lowest BCUT2D eigenvalue weighted by Crippen LogP contribution is -2.49. The van der Waals surface area contributed by atoms with Gasteiger partial charge in [-0.3, -0.25) is 23.9 Å². The molecule has 6 atom stereocenters. The molecule has 0 unspecified atom stereocenters. The van der Waals surface area contributed by atoms with Gasteiger partial charge in [-0.05, 0) is 79.5 Å². The lowest BCUT2D eigenvalue weighted by Gasteiger charge is -2.49. The van der Waals surface area contributed by atoms with Gasteiger partial charge in [0.05, 0.1) is 35.2 Å². The quantitative estimate of drug-likeness (QED) is 0.213. The Morgan fingerprint density at radius 1 is 1.08 bits per heavy atom. The van der Waals surface area contributed by atoms with Gasteiger partial charge < -0.3 is 15.6 Å². The molecular formula is C36H32ClN5O7S. The second kappa shape index (κ2) is 11.0. The summed E-state index contributed by atoms with van der Waals surface area (Å²) in [6.07, 6.45) is 2.13. The number of nitrogens with two attached hydrogens (primary N) is 1. The van der Waals surface area contributed by atoms with E-state index in [2.05, 4.69) is 0 Å². The van der Waals surface area contributed by atoms with Gasteiger partial charge in [-0.25, -0.2) is 9.69 Å². The molecule has 50 heavy (non-hydrogen) atoms. The van der Waals surface area contributed by atoms with Crippen molar-refractivity contribution in [2.75, 3.05) is 12.0 Å². The van der Waals surface area contributed by atoms with Crippen LogP contribution < -0.4 is 15.4 Å². The zero-order valence-corrected chi connectivity index (χ0v) is 29.0. The first-order chi connectivity index (χ1) is 23.8. The number of carbonyl (C=O) groups is 5. The number of imide groups is 4. The summed E-state index contributed by atoms with van der Waals surface area (Å²) >= 11 is 7.82. The number of aromatic nitrogens is 2. The molecule has 0 radical (unpaired) electrons. The second-order valence-corrected chi connectivity index (χ2v) is 15.1. The predicted octanol–water partition coefficient (Wildman–Crippen LogP) is 5.29. The van der Waals surface area contributed by atoms with Crippen LogP contribution in [0.5, 0.6) is 11.5 Å². The third-order valence-corrected chi connectivity index (χ3v) is 12.8. The minimum atomic E-state index is -1.34. The van der Waals surface area contributed by atoms with E-state index >= 15 is 0 Å². The van der Waals surface area contributed by atoms with Gasteiger partial charge in [-0.15, -0.1) is 11.3 Å². The molecule has 4 aliphatic rings. The Balaban J connectivity index is 1.26. The smallest absolute Gasteiger partial charge is 0.328 e. The number of hydrogen-bond donors (Lipinski definition) is 2. The summed E-state index contributed by atoms with van der Waals surface area (Å²) < 4.78 is 7.97. The molecule has 2 aliphatic heterocycles. The highest BCUT2D eigenvalue weighted by molar-refractivity contribution is 7.22. The van der Waals surface area contributed by atoms with Crippen LogP contribution in [0.3, 0.4) is 0 Å². The number of phenols is 1. The monoisotopic (exact) mass is 713 g/mol. The van der Waals surface area contributed by atoms with Crippen LogP contribution in [0.4, 0.5) is 10.6 Å². The van der Waals surface area contributed by atoms with Crippen molar-refractivity contribution in [3.05, 3.63) is 70.3 Å². The first kappa shape index (κ1) is 32.2. The van der Waals surface area contributed by atoms with E-state index in [1.807, 2.05) is 31.2 Å². The van der Waals surface area contributed by atoms with Crippen molar-refractivity contribution >= 4 is 68.5 Å². The fraction of sp³-hybridized carbons (Fsp3) is 0.333. The number of hydrogen-bond acceptors (Lipinski definition) is 9. The maximum absolute atomic E-state index is 14.9. The van der Waals surface area contributed by atoms with Crippen molar-refractivity contribution in [2.24, 2.45) is 41.9 Å². The van der Waals surface area contributed by atoms with E-state index < -0.39 is 64.7 Å². The molecular weight excluding hydrogens is 682 g/mol. The average molecular weight is 714 g/mol. The highest BCUT2D eigenvalue weighted by Gasteiger charge is 2.68. The van der Waals surface area contributed by atoms with Gasteiger partial charge in [0.1, 0.15) is 11.5 Å². The van der Waals surface area contributed by atoms with E-state index in [9.17, 15) is 29.1 Å². The van der Waals surface area contributed by atoms with Crippen LogP contribution >= 0.6 is 22.9 Å². The van der Waals surface area contributed by atoms with E-state index in [1.54, 1.807) is 32.2 Å². The van der Waals surface area contributed by atoms with E-state index in [0.717, 1.165) is 26.1 Å². The van der Waals surface area contributed by atoms with Crippen LogP contribution in [0.2, 0.25) is 5.02 Å². The summed E-state index contributed by atoms with van der Waals surface area (Å²) in [5, 5.41) is 16.8. The number of carbonyl (C=O) groups excluding carboxylic acids is 5. The number of amides is 6. The third kappa shape index (κ3) is 4.22. The van der Waals surface area contributed by atoms with E-state index in [-0.39, 0.29) is 24.3 Å². The Labute approximate surface area is 295 Å². The zero-order chi connectivity index (χ0) is 35.5. The van der Waals surface area contributed by atoms with Gasteiger partial charge in [0, 0.05) is 28.8 Å². The molecule has 12 nitrogen and oxygen atoms in total. The van der Waals surface area contributed by atoms with Gasteiger partial charge >= 0.3 is 6.03 Å². The molecule has 4 heterocycles. The zero-order valence-electron chi connectivity index (χ0n) is 27.5. The molecule has 2 aliphatic carbocycles. The van der Waals surface area contributed by atoms with Crippen LogP contribution in [0.1, 0.15) is 36.8 Å². The average Bonchev–Trinajstić information content (AvgIpc) is 3.75. The van der Waals surface area contributed by atoms with Gasteiger partial charge in [0.2, 0.25) is 23.6 Å². The second-order valence-electron chi connectivity index (χ2n) is 13.7. The summed E-state index contributed by atoms with van der Waals surface area (Å²) in [6.45, 7) is 3.74. The van der Waals surface area contributed by atoms with Crippen molar-refractivity contribution < 1.29 is 33.8 Å². The van der Waals surface area contributed by atoms with E-state index in [0.29, 0.717) is 27.0 Å². The molecule has 8 rings (SSSR count). The molecule has 6 amide bonds. The molecule has 3 N–H and O–H groups in total. The number of nitrogens with zero attached hydrogens (tertiary/aromatic N) is 4. The first-order valence-electron chi connectivity index (χ1n) is 16.1. The van der Waals surface area contributed by atoms with Crippen LogP contribution in [0.25, 0.3) is 20.7 Å². The minimum Gasteiger partial charge on any atom is -0.504 e. The Morgan fingerprint density at radius 3 is 2.56 bits per heavy atom. The van der Waals surface area contributed by atoms with Gasteiger partial charge in [-0.1, -0.05) is 29.3 Å². The largest absolute Gasteiger partial charge is 0.504 e. The molecule has 0 bridgehead atoms. The molecule has 2 saturated heterocycles. The lowest BCUT2D eigenvalue weighted by molar-refractivity contribution is -0.136. The summed E-state index contributed by atoms with van der Waals surface area (Å²) in [7, 11) is 3.09. The fourth-order valence-corrected chi connectivity index (χ4v) is 10.2. The highest BCUT2D eigenvalue weighted by Crippen LogP contribution is 2.64. The fourth-order valence-electron chi connectivity index (χ4n) is 8.92. The van der Waals surface area contributed by atoms with Crippen LogP contribution in [0.15, 0.2) is 54.1 Å². The first-order valence-corrected chi connectivity index (χ1v) is 17.3. The van der Waals surface area contributed by atoms with Gasteiger partial charge in [0.25, 0.3) is 0 Å². The Hall–Kier alpha value is -5.01. The maximum Gasteiger partial charge on any atom is 0.328 e. The van der Waals surface area contributed by atoms with Crippen molar-refractivity contribution in [2.45, 2.75) is 32.6 Å². The molecule has 14 heteroatoms. The number of ether oxygens (including phenoxy) is 1. The standard InChI is InChI=1S/C36H32ClN5O7S/c1-15-20-12-17(37)6-10-26(20)50-30(15)23-14-27(40(3)39-23)41-32(45)22-13-21-18(7-8-19-28(21)33(46)42(31(19)44)35(38)48)29(36(22,2)34(41)47)16-5-9-24(43)25(11-16)49-4/h5-7,9-12,14,19,21-22,28-29,43H,8,13H2,1-4H3,(H2,38,48)/t19-,21+,22-,28-,29-,36+/m0/s1. The normalized spacial score (nSPS) is 27.5. The molecule has 0 spiro atoms. The summed E-state index contributed by atoms with van der Waals surface area (Å²) in [5.41, 5.74) is 7.02. The summed E-state index contributed by atoms with van der Waals surface area (Å²) in [4.78, 5) is 71.3. The van der Waals surface area contributed by atoms with Crippen LogP contribution in [-0.2, 0) is 26.2 Å². The lowest BCUT2D eigenvalue weighted by atomic mass is 9.51. The van der Waals surface area contributed by atoms with Crippen molar-refractivity contribution in [3.63, 3.8) is 0 Å². The van der Waals surface area contributed by atoms with Crippen molar-refractivity contribution in [3.8, 4) is 22.1 Å². The van der Waals surface area contributed by atoms with Crippen molar-refractivity contribution in [1.29, 1.82) is 0 Å². The number of allylic oxidation sites excluding steroid dienone is 2. The molecule has 3 fully saturated rings.